The number of β-amino-alcohol motifs (C(OH)–C–C–N with tert-alkyl or cyclic N) is 1. The summed E-state index contributed by atoms with van der Waals surface area (Å²) in [7, 11) is 0. The lowest BCUT2D eigenvalue weighted by atomic mass is 9.80. The molecule has 0 spiro atoms. The van der Waals surface area contributed by atoms with Gasteiger partial charge in [-0.25, -0.2) is 9.97 Å². The summed E-state index contributed by atoms with van der Waals surface area (Å²) >= 11 is 12.4. The van der Waals surface area contributed by atoms with Crippen molar-refractivity contribution in [1.29, 1.82) is 10.7 Å². The van der Waals surface area contributed by atoms with Crippen LogP contribution in [0.3, 0.4) is 0 Å². The van der Waals surface area contributed by atoms with E-state index in [0.29, 0.717) is 34.2 Å². The molecule has 3 N–H and O–H groups in total. The normalized spacial score (nSPS) is 19.9. The van der Waals surface area contributed by atoms with Gasteiger partial charge in [0.1, 0.15) is 17.6 Å². The molecule has 2 unspecified atom stereocenters. The summed E-state index contributed by atoms with van der Waals surface area (Å²) in [6.45, 7) is 10.2. The van der Waals surface area contributed by atoms with Crippen molar-refractivity contribution in [1.82, 2.24) is 14.9 Å². The first kappa shape index (κ1) is 26.6. The first-order chi connectivity index (χ1) is 17.0. The topological polar surface area (TPSA) is 112 Å². The number of halogens is 2. The third-order valence-electron chi connectivity index (χ3n) is 6.94. The van der Waals surface area contributed by atoms with Crippen molar-refractivity contribution in [3.05, 3.63) is 45.7 Å². The number of nitrogens with one attached hydrogen (secondary N) is 2. The molecule has 10 heteroatoms. The number of hydrogen-bond donors (Lipinski definition) is 3. The molecule has 2 fully saturated rings. The van der Waals surface area contributed by atoms with E-state index in [1.807, 2.05) is 32.9 Å². The molecular weight excluding hydrogens is 497 g/mol. The second kappa shape index (κ2) is 10.9. The Labute approximate surface area is 222 Å². The monoisotopic (exact) mass is 529 g/mol. The van der Waals surface area contributed by atoms with E-state index in [-0.39, 0.29) is 17.4 Å². The Bertz CT molecular complexity index is 1150. The van der Waals surface area contributed by atoms with E-state index in [2.05, 4.69) is 20.1 Å². The predicted octanol–water partition coefficient (Wildman–Crippen LogP) is 4.77. The van der Waals surface area contributed by atoms with E-state index in [9.17, 15) is 10.4 Å². The van der Waals surface area contributed by atoms with Crippen LogP contribution in [0.4, 0.5) is 11.6 Å². The van der Waals surface area contributed by atoms with Gasteiger partial charge < -0.3 is 20.2 Å². The van der Waals surface area contributed by atoms with Crippen LogP contribution in [0.1, 0.15) is 50.9 Å². The highest BCUT2D eigenvalue weighted by Crippen LogP contribution is 2.35. The largest absolute Gasteiger partial charge is 0.389 e. The molecule has 4 rings (SSSR count). The Morgan fingerprint density at radius 2 is 2.06 bits per heavy atom. The quantitative estimate of drug-likeness (QED) is 0.422. The molecule has 0 amide bonds. The number of likely N-dealkylation sites (tertiary alicyclic amines) is 1. The molecule has 0 aliphatic carbocycles. The smallest absolute Gasteiger partial charge is 0.161 e. The molecule has 0 bridgehead atoms. The highest BCUT2D eigenvalue weighted by Gasteiger charge is 2.37. The molecule has 2 atom stereocenters. The van der Waals surface area contributed by atoms with Gasteiger partial charge in [0, 0.05) is 36.2 Å². The van der Waals surface area contributed by atoms with E-state index in [4.69, 9.17) is 33.6 Å². The molecule has 1 aromatic heterocycles. The number of piperidine rings is 1. The third kappa shape index (κ3) is 6.27. The van der Waals surface area contributed by atoms with Gasteiger partial charge in [0.2, 0.25) is 0 Å². The molecule has 3 heterocycles. The van der Waals surface area contributed by atoms with Gasteiger partial charge in [0.15, 0.2) is 11.5 Å². The summed E-state index contributed by atoms with van der Waals surface area (Å²) in [4.78, 5) is 13.8. The highest BCUT2D eigenvalue weighted by atomic mass is 35.5. The van der Waals surface area contributed by atoms with Crippen molar-refractivity contribution in [2.75, 3.05) is 42.9 Å². The van der Waals surface area contributed by atoms with Crippen LogP contribution >= 0.6 is 23.2 Å². The number of nitriles is 1. The van der Waals surface area contributed by atoms with Gasteiger partial charge in [-0.15, -0.1) is 0 Å². The molecule has 2 aliphatic rings. The summed E-state index contributed by atoms with van der Waals surface area (Å²) in [6, 6.07) is 6.93. The van der Waals surface area contributed by atoms with Crippen LogP contribution in [0.5, 0.6) is 0 Å². The molecule has 0 saturated carbocycles. The van der Waals surface area contributed by atoms with Gasteiger partial charge in [-0.05, 0) is 69.7 Å². The van der Waals surface area contributed by atoms with Crippen LogP contribution < -0.4 is 10.2 Å². The molecule has 2 saturated heterocycles. The number of aliphatic hydroxyl groups is 1. The zero-order chi connectivity index (χ0) is 26.0. The van der Waals surface area contributed by atoms with Gasteiger partial charge in [-0.3, -0.25) is 5.41 Å². The lowest BCUT2D eigenvalue weighted by Gasteiger charge is -2.47. The maximum Gasteiger partial charge on any atom is 0.161 e. The molecule has 8 nitrogen and oxygen atoms in total. The summed E-state index contributed by atoms with van der Waals surface area (Å²) in [6.07, 6.45) is 4.00. The number of benzene rings is 1. The van der Waals surface area contributed by atoms with Gasteiger partial charge >= 0.3 is 0 Å². The Morgan fingerprint density at radius 3 is 2.72 bits per heavy atom. The molecule has 2 aliphatic heterocycles. The molecule has 1 aromatic carbocycles. The van der Waals surface area contributed by atoms with Crippen molar-refractivity contribution in [3.8, 4) is 6.07 Å². The van der Waals surface area contributed by atoms with Crippen molar-refractivity contribution in [3.63, 3.8) is 0 Å². The predicted molar refractivity (Wildman–Crippen MR) is 144 cm³/mol. The van der Waals surface area contributed by atoms with Crippen LogP contribution in [-0.2, 0) is 0 Å². The van der Waals surface area contributed by atoms with Crippen molar-refractivity contribution >= 4 is 40.5 Å². The highest BCUT2D eigenvalue weighted by molar-refractivity contribution is 6.35. The average Bonchev–Trinajstić information content (AvgIpc) is 2.77. The van der Waals surface area contributed by atoms with E-state index in [1.54, 1.807) is 18.3 Å². The molecule has 0 radical (unpaired) electrons. The average molecular weight is 531 g/mol. The number of nitrogens with zero attached hydrogens (tertiary/aromatic N) is 5. The molecule has 36 heavy (non-hydrogen) atoms. The van der Waals surface area contributed by atoms with Crippen LogP contribution in [0, 0.1) is 28.6 Å². The fraction of sp³-hybridized carbons (Fsp3) is 0.538. The Hall–Kier alpha value is -2.44. The fourth-order valence-electron chi connectivity index (χ4n) is 5.17. The van der Waals surface area contributed by atoms with E-state index < -0.39 is 5.60 Å². The molecule has 192 valence electrons. The minimum atomic E-state index is -0.682. The summed E-state index contributed by atoms with van der Waals surface area (Å²) < 4.78 is 0. The minimum Gasteiger partial charge on any atom is -0.389 e. The van der Waals surface area contributed by atoms with Crippen molar-refractivity contribution in [2.24, 2.45) is 11.8 Å². The Kier molecular flexibility index (Phi) is 8.06. The zero-order valence-electron chi connectivity index (χ0n) is 20.9. The second-order valence-corrected chi connectivity index (χ2v) is 11.4. The Morgan fingerprint density at radius 1 is 1.31 bits per heavy atom. The first-order valence-corrected chi connectivity index (χ1v) is 13.1. The van der Waals surface area contributed by atoms with Gasteiger partial charge in [-0.1, -0.05) is 29.3 Å². The Balaban J connectivity index is 1.46. The maximum atomic E-state index is 10.2. The number of hydrogen-bond acceptors (Lipinski definition) is 8. The SMILES string of the molecule is CC(Nc1nc(N2CC(C3CCCN(CC(C)(C)O)C3)C2)cnc1C(=N)C#N)c1ccc(Cl)cc1Cl. The molecular formula is C26H33Cl2N7O. The summed E-state index contributed by atoms with van der Waals surface area (Å²) in [5.74, 6) is 2.27. The number of rotatable bonds is 8. The third-order valence-corrected chi connectivity index (χ3v) is 7.51. The summed E-state index contributed by atoms with van der Waals surface area (Å²) in [5.41, 5.74) is 0.115. The van der Waals surface area contributed by atoms with Gasteiger partial charge in [0.25, 0.3) is 0 Å². The standard InChI is InChI=1S/C26H33Cl2N7O/c1-16(20-7-6-19(27)9-21(20)28)32-25-24(22(30)10-29)31-11-23(33-25)35-13-18(14-35)17-5-4-8-34(12-17)15-26(2,3)36/h6-7,9,11,16-18,30,36H,4-5,8,12-15H2,1-3H3,(H,32,33). The van der Waals surface area contributed by atoms with Crippen LogP contribution in [0.15, 0.2) is 24.4 Å². The first-order valence-electron chi connectivity index (χ1n) is 12.3. The van der Waals surface area contributed by atoms with Gasteiger partial charge in [-0.2, -0.15) is 5.26 Å². The zero-order valence-corrected chi connectivity index (χ0v) is 22.4. The summed E-state index contributed by atoms with van der Waals surface area (Å²) in [5, 5.41) is 31.9. The van der Waals surface area contributed by atoms with Crippen molar-refractivity contribution in [2.45, 2.75) is 45.3 Å². The number of aromatic nitrogens is 2. The lowest BCUT2D eigenvalue weighted by molar-refractivity contribution is 0.0132. The fourth-order valence-corrected chi connectivity index (χ4v) is 5.74. The van der Waals surface area contributed by atoms with Crippen LogP contribution in [0.2, 0.25) is 10.0 Å². The lowest BCUT2D eigenvalue weighted by Crippen LogP contribution is -2.54. The molecule has 2 aromatic rings. The van der Waals surface area contributed by atoms with E-state index in [1.165, 1.54) is 6.42 Å². The van der Waals surface area contributed by atoms with Crippen molar-refractivity contribution < 1.29 is 5.11 Å². The van der Waals surface area contributed by atoms with Crippen LogP contribution in [-0.4, -0.2) is 64.0 Å². The number of anilines is 2. The second-order valence-electron chi connectivity index (χ2n) is 10.6. The minimum absolute atomic E-state index is 0.213. The van der Waals surface area contributed by atoms with E-state index in [0.717, 1.165) is 44.0 Å². The van der Waals surface area contributed by atoms with E-state index >= 15 is 0 Å². The maximum absolute atomic E-state index is 10.2. The van der Waals surface area contributed by atoms with Gasteiger partial charge in [0.05, 0.1) is 17.8 Å². The van der Waals surface area contributed by atoms with Crippen LogP contribution in [0.25, 0.3) is 0 Å².